The van der Waals surface area contributed by atoms with Crippen LogP contribution in [-0.4, -0.2) is 48.2 Å². The van der Waals surface area contributed by atoms with Crippen molar-refractivity contribution >= 4 is 46.5 Å². The van der Waals surface area contributed by atoms with E-state index in [0.717, 1.165) is 22.2 Å². The molecule has 160 valence electrons. The molecule has 2 aromatic carbocycles. The number of thioether (sulfide) groups is 1. The number of benzene rings is 2. The summed E-state index contributed by atoms with van der Waals surface area (Å²) in [7, 11) is 1.18. The Kier molecular flexibility index (Phi) is 7.09. The predicted octanol–water partition coefficient (Wildman–Crippen LogP) is 3.22. The van der Waals surface area contributed by atoms with Crippen molar-refractivity contribution in [2.24, 2.45) is 0 Å². The monoisotopic (exact) mass is 440 g/mol. The third kappa shape index (κ3) is 5.73. The highest BCUT2D eigenvalue weighted by molar-refractivity contribution is 8.18. The maximum Gasteiger partial charge on any atom is 0.325 e. The van der Waals surface area contributed by atoms with Gasteiger partial charge in [0.25, 0.3) is 17.1 Å². The van der Waals surface area contributed by atoms with E-state index >= 15 is 0 Å². The largest absolute Gasteiger partial charge is 0.483 e. The number of hydrogen-bond acceptors (Lipinski definition) is 7. The fourth-order valence-corrected chi connectivity index (χ4v) is 3.59. The standard InChI is InChI=1S/C22H20N2O6S/c1-14-6-5-8-16(10-14)23-19(25)13-30-17-9-4-3-7-15(17)11-18-21(27)24(22(28)31-18)12-20(26)29-2/h3-11H,12-13H2,1-2H3,(H,23,25)/b18-11-. The molecule has 1 fully saturated rings. The lowest BCUT2D eigenvalue weighted by atomic mass is 10.2. The van der Waals surface area contributed by atoms with Gasteiger partial charge in [-0.25, -0.2) is 0 Å². The van der Waals surface area contributed by atoms with Crippen LogP contribution in [0.15, 0.2) is 53.4 Å². The van der Waals surface area contributed by atoms with E-state index in [2.05, 4.69) is 10.1 Å². The van der Waals surface area contributed by atoms with Crippen molar-refractivity contribution in [3.63, 3.8) is 0 Å². The Morgan fingerprint density at radius 2 is 1.90 bits per heavy atom. The smallest absolute Gasteiger partial charge is 0.325 e. The lowest BCUT2D eigenvalue weighted by molar-refractivity contribution is -0.143. The summed E-state index contributed by atoms with van der Waals surface area (Å²) >= 11 is 0.721. The van der Waals surface area contributed by atoms with Crippen LogP contribution in [-0.2, 0) is 19.1 Å². The average molecular weight is 440 g/mol. The van der Waals surface area contributed by atoms with Crippen molar-refractivity contribution in [2.75, 3.05) is 25.6 Å². The van der Waals surface area contributed by atoms with Crippen LogP contribution in [0.4, 0.5) is 10.5 Å². The molecular formula is C22H20N2O6S. The van der Waals surface area contributed by atoms with Gasteiger partial charge in [0.2, 0.25) is 0 Å². The van der Waals surface area contributed by atoms with Crippen LogP contribution >= 0.6 is 11.8 Å². The second-order valence-corrected chi connectivity index (χ2v) is 7.58. The second-order valence-electron chi connectivity index (χ2n) is 6.59. The number of hydrogen-bond donors (Lipinski definition) is 1. The van der Waals surface area contributed by atoms with Gasteiger partial charge < -0.3 is 14.8 Å². The van der Waals surface area contributed by atoms with Crippen LogP contribution in [0.5, 0.6) is 5.75 Å². The molecule has 1 N–H and O–H groups in total. The third-order valence-electron chi connectivity index (χ3n) is 4.25. The summed E-state index contributed by atoms with van der Waals surface area (Å²) < 4.78 is 10.1. The Labute approximate surface area is 183 Å². The number of carbonyl (C=O) groups excluding carboxylic acids is 4. The summed E-state index contributed by atoms with van der Waals surface area (Å²) in [4.78, 5) is 49.2. The average Bonchev–Trinajstić information content (AvgIpc) is 3.00. The van der Waals surface area contributed by atoms with Gasteiger partial charge in [0.1, 0.15) is 12.3 Å². The second kappa shape index (κ2) is 9.94. The minimum absolute atomic E-state index is 0.147. The molecule has 0 aliphatic carbocycles. The molecular weight excluding hydrogens is 420 g/mol. The van der Waals surface area contributed by atoms with E-state index in [0.29, 0.717) is 17.0 Å². The van der Waals surface area contributed by atoms with Gasteiger partial charge in [-0.15, -0.1) is 0 Å². The van der Waals surface area contributed by atoms with Crippen LogP contribution in [0.1, 0.15) is 11.1 Å². The van der Waals surface area contributed by atoms with Gasteiger partial charge in [-0.3, -0.25) is 24.1 Å². The van der Waals surface area contributed by atoms with Gasteiger partial charge in [-0.1, -0.05) is 30.3 Å². The number of nitrogens with zero attached hydrogens (tertiary/aromatic N) is 1. The van der Waals surface area contributed by atoms with E-state index in [1.54, 1.807) is 30.3 Å². The zero-order valence-corrected chi connectivity index (χ0v) is 17.7. The number of ether oxygens (including phenoxy) is 2. The number of nitrogens with one attached hydrogen (secondary N) is 1. The Morgan fingerprint density at radius 1 is 1.13 bits per heavy atom. The maximum atomic E-state index is 12.5. The summed E-state index contributed by atoms with van der Waals surface area (Å²) in [5, 5.41) is 2.20. The Hall–Kier alpha value is -3.59. The number of carbonyl (C=O) groups is 4. The molecule has 1 aliphatic rings. The number of esters is 1. The fraction of sp³-hybridized carbons (Fsp3) is 0.182. The molecule has 0 unspecified atom stereocenters. The van der Waals surface area contributed by atoms with Crippen molar-refractivity contribution in [1.82, 2.24) is 4.90 Å². The zero-order valence-electron chi connectivity index (χ0n) is 16.9. The Balaban J connectivity index is 1.69. The predicted molar refractivity (Wildman–Crippen MR) is 116 cm³/mol. The highest BCUT2D eigenvalue weighted by Crippen LogP contribution is 2.33. The van der Waals surface area contributed by atoms with Crippen molar-refractivity contribution in [2.45, 2.75) is 6.92 Å². The van der Waals surface area contributed by atoms with Crippen molar-refractivity contribution in [3.05, 3.63) is 64.6 Å². The van der Waals surface area contributed by atoms with E-state index in [1.807, 2.05) is 25.1 Å². The van der Waals surface area contributed by atoms with Crippen molar-refractivity contribution < 1.29 is 28.7 Å². The molecule has 1 saturated heterocycles. The summed E-state index contributed by atoms with van der Waals surface area (Å²) in [6, 6.07) is 14.2. The van der Waals surface area contributed by atoms with Gasteiger partial charge >= 0.3 is 5.97 Å². The highest BCUT2D eigenvalue weighted by atomic mass is 32.2. The highest BCUT2D eigenvalue weighted by Gasteiger charge is 2.36. The molecule has 0 atom stereocenters. The molecule has 3 amide bonds. The first-order valence-corrected chi connectivity index (χ1v) is 10.1. The molecule has 0 saturated carbocycles. The number of rotatable bonds is 7. The molecule has 0 aromatic heterocycles. The molecule has 9 heteroatoms. The Morgan fingerprint density at radius 3 is 2.65 bits per heavy atom. The van der Waals surface area contributed by atoms with Crippen molar-refractivity contribution in [1.29, 1.82) is 0 Å². The normalized spacial score (nSPS) is 14.6. The lowest BCUT2D eigenvalue weighted by Gasteiger charge is -2.11. The van der Waals surface area contributed by atoms with Gasteiger partial charge in [0.15, 0.2) is 6.61 Å². The molecule has 0 spiro atoms. The molecule has 0 bridgehead atoms. The van der Waals surface area contributed by atoms with E-state index in [9.17, 15) is 19.2 Å². The van der Waals surface area contributed by atoms with E-state index < -0.39 is 23.7 Å². The summed E-state index contributed by atoms with van der Waals surface area (Å²) in [5.41, 5.74) is 2.21. The van der Waals surface area contributed by atoms with Crippen LogP contribution < -0.4 is 10.1 Å². The summed E-state index contributed by atoms with van der Waals surface area (Å²) in [5.74, 6) is -1.24. The number of amides is 3. The van der Waals surface area contributed by atoms with Crippen LogP contribution in [0.2, 0.25) is 0 Å². The van der Waals surface area contributed by atoms with E-state index in [4.69, 9.17) is 4.74 Å². The van der Waals surface area contributed by atoms with Gasteiger partial charge in [0, 0.05) is 11.3 Å². The summed E-state index contributed by atoms with van der Waals surface area (Å²) in [6.07, 6.45) is 1.50. The van der Waals surface area contributed by atoms with Crippen molar-refractivity contribution in [3.8, 4) is 5.75 Å². The number of imide groups is 1. The minimum Gasteiger partial charge on any atom is -0.483 e. The SMILES string of the molecule is COC(=O)CN1C(=O)S/C(=C\c2ccccc2OCC(=O)Nc2cccc(C)c2)C1=O. The number of anilines is 1. The first-order chi connectivity index (χ1) is 14.9. The molecule has 0 radical (unpaired) electrons. The van der Waals surface area contributed by atoms with Gasteiger partial charge in [-0.2, -0.15) is 0 Å². The lowest BCUT2D eigenvalue weighted by Crippen LogP contribution is -2.34. The fourth-order valence-electron chi connectivity index (χ4n) is 2.77. The van der Waals surface area contributed by atoms with E-state index in [1.165, 1.54) is 13.2 Å². The molecule has 8 nitrogen and oxygen atoms in total. The summed E-state index contributed by atoms with van der Waals surface area (Å²) in [6.45, 7) is 1.24. The third-order valence-corrected chi connectivity index (χ3v) is 5.16. The molecule has 3 rings (SSSR count). The number of para-hydroxylation sites is 1. The number of methoxy groups -OCH3 is 1. The minimum atomic E-state index is -0.688. The van der Waals surface area contributed by atoms with Gasteiger partial charge in [0.05, 0.1) is 12.0 Å². The zero-order chi connectivity index (χ0) is 22.4. The molecule has 31 heavy (non-hydrogen) atoms. The quantitative estimate of drug-likeness (QED) is 0.521. The Bertz CT molecular complexity index is 1070. The topological polar surface area (TPSA) is 102 Å². The maximum absolute atomic E-state index is 12.5. The van der Waals surface area contributed by atoms with Crippen LogP contribution in [0.3, 0.4) is 0 Å². The molecule has 1 aliphatic heterocycles. The number of aryl methyl sites for hydroxylation is 1. The molecule has 2 aromatic rings. The van der Waals surface area contributed by atoms with Crippen LogP contribution in [0, 0.1) is 6.92 Å². The first kappa shape index (κ1) is 22.1. The van der Waals surface area contributed by atoms with Crippen LogP contribution in [0.25, 0.3) is 6.08 Å². The van der Waals surface area contributed by atoms with E-state index in [-0.39, 0.29) is 17.4 Å². The molecule has 1 heterocycles. The van der Waals surface area contributed by atoms with Gasteiger partial charge in [-0.05, 0) is 48.5 Å². The first-order valence-electron chi connectivity index (χ1n) is 9.28.